The van der Waals surface area contributed by atoms with Gasteiger partial charge in [0, 0.05) is 6.92 Å². The van der Waals surface area contributed by atoms with E-state index in [1.165, 1.54) is 6.07 Å². The average molecular weight is 261 g/mol. The van der Waals surface area contributed by atoms with Crippen molar-refractivity contribution in [2.24, 2.45) is 4.99 Å². The lowest BCUT2D eigenvalue weighted by atomic mass is 10.1. The predicted octanol–water partition coefficient (Wildman–Crippen LogP) is 2.30. The van der Waals surface area contributed by atoms with Crippen LogP contribution in [0, 0.1) is 0 Å². The lowest BCUT2D eigenvalue weighted by Crippen LogP contribution is -2.13. The van der Waals surface area contributed by atoms with E-state index in [1.807, 2.05) is 0 Å². The monoisotopic (exact) mass is 261 g/mol. The summed E-state index contributed by atoms with van der Waals surface area (Å²) in [6.45, 7) is 1.11. The van der Waals surface area contributed by atoms with Crippen LogP contribution in [0.5, 0.6) is 0 Å². The number of carbonyl (C=O) groups is 1. The number of rotatable bonds is 3. The van der Waals surface area contributed by atoms with Crippen molar-refractivity contribution in [1.82, 2.24) is 5.48 Å². The number of hydrogen-bond acceptors (Lipinski definition) is 3. The molecule has 0 radical (unpaired) electrons. The number of carbonyl (C=O) groups excluding carboxylic acids is 1. The van der Waals surface area contributed by atoms with Crippen LogP contribution in [0.2, 0.25) is 0 Å². The summed E-state index contributed by atoms with van der Waals surface area (Å²) in [7, 11) is 0. The SMILES string of the molecule is CC(=O)Nc1ccc(N=CNO)cc1C(F)(F)F. The van der Waals surface area contributed by atoms with Crippen LogP contribution in [0.1, 0.15) is 12.5 Å². The standard InChI is InChI=1S/C10H10F3N3O2/c1-6(17)16-9-3-2-7(14-5-15-18)4-8(9)10(11,12)13/h2-5,18H,1H3,(H,14,15)(H,16,17). The second-order valence-corrected chi connectivity index (χ2v) is 3.30. The normalized spacial score (nSPS) is 11.6. The number of hydrogen-bond donors (Lipinski definition) is 3. The number of aliphatic imine (C=N–C) groups is 1. The van der Waals surface area contributed by atoms with E-state index in [2.05, 4.69) is 10.3 Å². The van der Waals surface area contributed by atoms with Crippen LogP contribution >= 0.6 is 0 Å². The molecule has 0 aliphatic heterocycles. The number of benzene rings is 1. The van der Waals surface area contributed by atoms with E-state index >= 15 is 0 Å². The van der Waals surface area contributed by atoms with E-state index in [-0.39, 0.29) is 11.4 Å². The molecule has 0 aromatic heterocycles. The maximum atomic E-state index is 12.7. The fraction of sp³-hybridized carbons (Fsp3) is 0.200. The fourth-order valence-corrected chi connectivity index (χ4v) is 1.25. The number of alkyl halides is 3. The first-order valence-electron chi connectivity index (χ1n) is 4.75. The molecule has 0 atom stereocenters. The highest BCUT2D eigenvalue weighted by Crippen LogP contribution is 2.37. The minimum Gasteiger partial charge on any atom is -0.326 e. The van der Waals surface area contributed by atoms with Gasteiger partial charge in [-0.05, 0) is 18.2 Å². The summed E-state index contributed by atoms with van der Waals surface area (Å²) < 4.78 is 38.2. The lowest BCUT2D eigenvalue weighted by molar-refractivity contribution is -0.136. The Bertz CT molecular complexity index is 472. The third-order valence-corrected chi connectivity index (χ3v) is 1.89. The second kappa shape index (κ2) is 5.50. The zero-order chi connectivity index (χ0) is 13.8. The zero-order valence-corrected chi connectivity index (χ0v) is 9.25. The van der Waals surface area contributed by atoms with E-state index in [4.69, 9.17) is 5.21 Å². The number of hydroxylamine groups is 1. The molecule has 0 saturated carbocycles. The molecule has 0 bridgehead atoms. The molecule has 1 rings (SSSR count). The van der Waals surface area contributed by atoms with Gasteiger partial charge in [0.15, 0.2) is 0 Å². The van der Waals surface area contributed by atoms with Crippen LogP contribution in [0.4, 0.5) is 24.5 Å². The first-order valence-corrected chi connectivity index (χ1v) is 4.75. The van der Waals surface area contributed by atoms with Crippen LogP contribution in [-0.4, -0.2) is 17.5 Å². The predicted molar refractivity (Wildman–Crippen MR) is 58.8 cm³/mol. The topological polar surface area (TPSA) is 73.7 Å². The third kappa shape index (κ3) is 3.74. The quantitative estimate of drug-likeness (QED) is 0.444. The number of amides is 1. The number of halogens is 3. The highest BCUT2D eigenvalue weighted by molar-refractivity contribution is 5.90. The van der Waals surface area contributed by atoms with Gasteiger partial charge in [-0.1, -0.05) is 0 Å². The molecule has 1 amide bonds. The van der Waals surface area contributed by atoms with Gasteiger partial charge in [-0.15, -0.1) is 0 Å². The summed E-state index contributed by atoms with van der Waals surface area (Å²) in [5, 5.41) is 10.3. The molecule has 0 heterocycles. The molecule has 1 aromatic carbocycles. The van der Waals surface area contributed by atoms with Crippen molar-refractivity contribution in [3.8, 4) is 0 Å². The van der Waals surface area contributed by atoms with Crippen LogP contribution in [0.15, 0.2) is 23.2 Å². The van der Waals surface area contributed by atoms with Crippen LogP contribution in [0.3, 0.4) is 0 Å². The smallest absolute Gasteiger partial charge is 0.326 e. The number of nitrogens with zero attached hydrogens (tertiary/aromatic N) is 1. The van der Waals surface area contributed by atoms with Crippen molar-refractivity contribution in [1.29, 1.82) is 0 Å². The Kier molecular flexibility index (Phi) is 4.27. The molecular formula is C10H10F3N3O2. The van der Waals surface area contributed by atoms with Crippen molar-refractivity contribution < 1.29 is 23.2 Å². The Hall–Kier alpha value is -2.09. The molecule has 0 spiro atoms. The second-order valence-electron chi connectivity index (χ2n) is 3.30. The summed E-state index contributed by atoms with van der Waals surface area (Å²) in [6.07, 6.45) is -3.79. The summed E-state index contributed by atoms with van der Waals surface area (Å²) in [5.74, 6) is -0.603. The van der Waals surface area contributed by atoms with Crippen molar-refractivity contribution in [2.45, 2.75) is 13.1 Å². The Balaban J connectivity index is 3.20. The molecule has 0 saturated heterocycles. The highest BCUT2D eigenvalue weighted by atomic mass is 19.4. The molecule has 5 nitrogen and oxygen atoms in total. The summed E-state index contributed by atoms with van der Waals surface area (Å²) in [4.78, 5) is 14.3. The van der Waals surface area contributed by atoms with Crippen LogP contribution in [0.25, 0.3) is 0 Å². The zero-order valence-electron chi connectivity index (χ0n) is 9.25. The van der Waals surface area contributed by atoms with Gasteiger partial charge < -0.3 is 5.32 Å². The lowest BCUT2D eigenvalue weighted by Gasteiger charge is -2.13. The maximum Gasteiger partial charge on any atom is 0.418 e. The molecule has 98 valence electrons. The minimum atomic E-state index is -4.62. The van der Waals surface area contributed by atoms with Gasteiger partial charge in [0.1, 0.15) is 6.34 Å². The first kappa shape index (κ1) is 14.0. The molecule has 0 aliphatic carbocycles. The molecule has 3 N–H and O–H groups in total. The van der Waals surface area contributed by atoms with Gasteiger partial charge in [0.05, 0.1) is 16.9 Å². The van der Waals surface area contributed by atoms with Crippen LogP contribution < -0.4 is 10.8 Å². The third-order valence-electron chi connectivity index (χ3n) is 1.89. The average Bonchev–Trinajstić information content (AvgIpc) is 2.25. The van der Waals surface area contributed by atoms with E-state index in [1.54, 1.807) is 5.48 Å². The van der Waals surface area contributed by atoms with Crippen molar-refractivity contribution in [3.05, 3.63) is 23.8 Å². The van der Waals surface area contributed by atoms with E-state index in [0.29, 0.717) is 0 Å². The van der Waals surface area contributed by atoms with Gasteiger partial charge in [-0.25, -0.2) is 4.99 Å². The Morgan fingerprint density at radius 1 is 1.44 bits per heavy atom. The number of nitrogens with one attached hydrogen (secondary N) is 2. The van der Waals surface area contributed by atoms with Crippen molar-refractivity contribution in [2.75, 3.05) is 5.32 Å². The minimum absolute atomic E-state index is 0.0158. The largest absolute Gasteiger partial charge is 0.418 e. The summed E-state index contributed by atoms with van der Waals surface area (Å²) >= 11 is 0. The Morgan fingerprint density at radius 3 is 2.61 bits per heavy atom. The Morgan fingerprint density at radius 2 is 2.11 bits per heavy atom. The van der Waals surface area contributed by atoms with Gasteiger partial charge in [-0.2, -0.15) is 13.2 Å². The van der Waals surface area contributed by atoms with Crippen molar-refractivity contribution >= 4 is 23.6 Å². The van der Waals surface area contributed by atoms with Gasteiger partial charge in [0.25, 0.3) is 0 Å². The molecule has 0 aliphatic rings. The van der Waals surface area contributed by atoms with Crippen LogP contribution in [-0.2, 0) is 11.0 Å². The molecule has 18 heavy (non-hydrogen) atoms. The highest BCUT2D eigenvalue weighted by Gasteiger charge is 2.34. The molecular weight excluding hydrogens is 251 g/mol. The first-order chi connectivity index (χ1) is 8.34. The van der Waals surface area contributed by atoms with Gasteiger partial charge in [0.2, 0.25) is 5.91 Å². The number of anilines is 1. The summed E-state index contributed by atoms with van der Waals surface area (Å²) in [6, 6.07) is 3.13. The maximum absolute atomic E-state index is 12.7. The fourth-order valence-electron chi connectivity index (χ4n) is 1.25. The van der Waals surface area contributed by atoms with Gasteiger partial charge >= 0.3 is 6.18 Å². The molecule has 0 unspecified atom stereocenters. The van der Waals surface area contributed by atoms with E-state index in [9.17, 15) is 18.0 Å². The summed E-state index contributed by atoms with van der Waals surface area (Å²) in [5.41, 5.74) is 0.212. The molecule has 0 fully saturated rings. The van der Waals surface area contributed by atoms with Gasteiger partial charge in [-0.3, -0.25) is 15.5 Å². The molecule has 1 aromatic rings. The molecule has 8 heteroatoms. The Labute approximate surface area is 100 Å². The van der Waals surface area contributed by atoms with Crippen molar-refractivity contribution in [3.63, 3.8) is 0 Å². The van der Waals surface area contributed by atoms with E-state index in [0.717, 1.165) is 25.4 Å². The van der Waals surface area contributed by atoms with E-state index < -0.39 is 17.6 Å².